The first-order valence-electron chi connectivity index (χ1n) is 12.6. The molecule has 2 aliphatic rings. The molecule has 6 rings (SSSR count). The van der Waals surface area contributed by atoms with Crippen LogP contribution < -0.4 is 21.2 Å². The molecule has 2 saturated carbocycles. The molecule has 35 heavy (non-hydrogen) atoms. The van der Waals surface area contributed by atoms with Gasteiger partial charge in [-0.3, -0.25) is 0 Å². The average Bonchev–Trinajstić information content (AvgIpc) is 3.57. The van der Waals surface area contributed by atoms with Crippen molar-refractivity contribution in [2.75, 3.05) is 0 Å². The lowest BCUT2D eigenvalue weighted by atomic mass is 9.99. The quantitative estimate of drug-likeness (QED) is 0.299. The summed E-state index contributed by atoms with van der Waals surface area (Å²) in [5.74, 6) is 0.633. The topological polar surface area (TPSA) is 34.1 Å². The molecule has 0 radical (unpaired) electrons. The summed E-state index contributed by atoms with van der Waals surface area (Å²) in [5, 5.41) is 3.56. The molecule has 176 valence electrons. The Morgan fingerprint density at radius 3 is 0.943 bits per heavy atom. The summed E-state index contributed by atoms with van der Waals surface area (Å²) in [6.07, 6.45) is 3.15. The van der Waals surface area contributed by atoms with E-state index in [1.54, 1.807) is 0 Å². The molecule has 4 aromatic rings. The maximum atomic E-state index is 15.6. The van der Waals surface area contributed by atoms with E-state index in [0.29, 0.717) is 11.8 Å². The lowest BCUT2D eigenvalue weighted by Crippen LogP contribution is -2.42. The first-order chi connectivity index (χ1) is 17.1. The van der Waals surface area contributed by atoms with Crippen LogP contribution in [0.1, 0.15) is 19.3 Å². The molecule has 0 N–H and O–H groups in total. The maximum Gasteiger partial charge on any atom is 0.147 e. The summed E-state index contributed by atoms with van der Waals surface area (Å²) < 4.78 is 31.2. The van der Waals surface area contributed by atoms with Crippen molar-refractivity contribution in [1.29, 1.82) is 0 Å². The van der Waals surface area contributed by atoms with Crippen LogP contribution in [-0.4, -0.2) is 11.3 Å². The Balaban J connectivity index is 1.62. The molecule has 2 bridgehead atoms. The second-order valence-corrected chi connectivity index (χ2v) is 15.9. The Labute approximate surface area is 208 Å². The molecule has 2 nitrogen and oxygen atoms in total. The van der Waals surface area contributed by atoms with Gasteiger partial charge in [0, 0.05) is 32.5 Å². The second kappa shape index (κ2) is 9.09. The molecule has 0 spiro atoms. The minimum atomic E-state index is -3.08. The number of hydrogen-bond donors (Lipinski definition) is 0. The van der Waals surface area contributed by atoms with Gasteiger partial charge in [0.05, 0.1) is 0 Å². The van der Waals surface area contributed by atoms with Gasteiger partial charge < -0.3 is 9.13 Å². The Hall–Kier alpha value is -2.66. The van der Waals surface area contributed by atoms with E-state index in [2.05, 4.69) is 0 Å². The molecule has 4 aromatic carbocycles. The van der Waals surface area contributed by atoms with E-state index < -0.39 is 14.3 Å². The van der Waals surface area contributed by atoms with Crippen molar-refractivity contribution in [3.05, 3.63) is 121 Å². The lowest BCUT2D eigenvalue weighted by Gasteiger charge is -2.41. The van der Waals surface area contributed by atoms with Crippen LogP contribution in [0.2, 0.25) is 0 Å². The van der Waals surface area contributed by atoms with Crippen LogP contribution >= 0.6 is 14.3 Å². The summed E-state index contributed by atoms with van der Waals surface area (Å²) in [7, 11) is -6.16. The lowest BCUT2D eigenvalue weighted by molar-refractivity contribution is 0.463. The first-order valence-corrected chi connectivity index (χ1v) is 16.1. The molecule has 0 aromatic heterocycles. The van der Waals surface area contributed by atoms with E-state index in [4.69, 9.17) is 0 Å². The first kappa shape index (κ1) is 22.8. The van der Waals surface area contributed by atoms with Crippen molar-refractivity contribution >= 4 is 35.5 Å². The van der Waals surface area contributed by atoms with E-state index in [1.807, 2.05) is 121 Å². The molecule has 2 aliphatic carbocycles. The minimum absolute atomic E-state index is 0.141. The Bertz CT molecular complexity index is 1190. The number of fused-ring (bicyclic) bond motifs is 2. The molecule has 2 fully saturated rings. The zero-order valence-corrected chi connectivity index (χ0v) is 21.5. The third-order valence-electron chi connectivity index (χ3n) is 8.23. The van der Waals surface area contributed by atoms with Gasteiger partial charge >= 0.3 is 0 Å². The Kier molecular flexibility index (Phi) is 5.92. The standard InChI is InChI=1S/C31H30O2P2/c32-34(26-13-5-1-6-14-26,27-15-7-2-8-16-27)30-24-21-22-25(23-24)31(30)35(33,28-17-9-3-10-18-28)29-19-11-4-12-20-29/h1-20,24-25,30-31H,21-23H2/t24-,25+,30-,31+. The summed E-state index contributed by atoms with van der Waals surface area (Å²) in [4.78, 5) is 0. The summed E-state index contributed by atoms with van der Waals surface area (Å²) >= 11 is 0. The van der Waals surface area contributed by atoms with Gasteiger partial charge in [-0.25, -0.2) is 0 Å². The highest BCUT2D eigenvalue weighted by Gasteiger charge is 2.61. The molecule has 0 unspecified atom stereocenters. The van der Waals surface area contributed by atoms with Crippen molar-refractivity contribution < 1.29 is 9.13 Å². The molecule has 0 aliphatic heterocycles. The third-order valence-corrected chi connectivity index (χ3v) is 15.9. The van der Waals surface area contributed by atoms with Crippen LogP contribution in [0.4, 0.5) is 0 Å². The number of hydrogen-bond acceptors (Lipinski definition) is 2. The van der Waals surface area contributed by atoms with Gasteiger partial charge in [-0.1, -0.05) is 121 Å². The largest absolute Gasteiger partial charge is 0.313 e. The van der Waals surface area contributed by atoms with Crippen molar-refractivity contribution in [3.63, 3.8) is 0 Å². The fraction of sp³-hybridized carbons (Fsp3) is 0.226. The fourth-order valence-electron chi connectivity index (χ4n) is 6.84. The van der Waals surface area contributed by atoms with Gasteiger partial charge in [-0.05, 0) is 31.1 Å². The van der Waals surface area contributed by atoms with Crippen LogP contribution in [0.25, 0.3) is 0 Å². The van der Waals surface area contributed by atoms with Gasteiger partial charge in [0.2, 0.25) is 0 Å². The smallest absolute Gasteiger partial charge is 0.147 e. The molecule has 0 amide bonds. The van der Waals surface area contributed by atoms with Crippen molar-refractivity contribution in [3.8, 4) is 0 Å². The molecule has 0 saturated heterocycles. The highest BCUT2D eigenvalue weighted by atomic mass is 31.2. The average molecular weight is 497 g/mol. The molecular weight excluding hydrogens is 466 g/mol. The molecular formula is C31H30O2P2. The summed E-state index contributed by atoms with van der Waals surface area (Å²) in [5.41, 5.74) is -0.283. The highest BCUT2D eigenvalue weighted by molar-refractivity contribution is 7.83. The van der Waals surface area contributed by atoms with Crippen LogP contribution in [0.5, 0.6) is 0 Å². The van der Waals surface area contributed by atoms with Gasteiger partial charge in [-0.15, -0.1) is 0 Å². The van der Waals surface area contributed by atoms with Crippen LogP contribution in [0.15, 0.2) is 121 Å². The SMILES string of the molecule is O=P(c1ccccc1)(c1ccccc1)[C@@H]1[C@@H]2CC[C@@H](C2)[C@@H]1P(=O)(c1ccccc1)c1ccccc1. The van der Waals surface area contributed by atoms with Gasteiger partial charge in [-0.2, -0.15) is 0 Å². The minimum Gasteiger partial charge on any atom is -0.313 e. The maximum absolute atomic E-state index is 15.6. The Morgan fingerprint density at radius 1 is 0.429 bits per heavy atom. The molecule has 0 heterocycles. The molecule has 4 heteroatoms. The van der Waals surface area contributed by atoms with E-state index in [0.717, 1.165) is 40.5 Å². The summed E-state index contributed by atoms with van der Waals surface area (Å²) in [6, 6.07) is 40.0. The van der Waals surface area contributed by atoms with E-state index in [1.165, 1.54) is 0 Å². The molecule has 4 atom stereocenters. The predicted octanol–water partition coefficient (Wildman–Crippen LogP) is 6.18. The third kappa shape index (κ3) is 3.62. The Morgan fingerprint density at radius 2 is 0.686 bits per heavy atom. The monoisotopic (exact) mass is 496 g/mol. The number of benzene rings is 4. The fourth-order valence-corrected chi connectivity index (χ4v) is 15.5. The highest BCUT2D eigenvalue weighted by Crippen LogP contribution is 2.71. The zero-order valence-electron chi connectivity index (χ0n) is 19.7. The van der Waals surface area contributed by atoms with Gasteiger partial charge in [0.25, 0.3) is 0 Å². The van der Waals surface area contributed by atoms with E-state index >= 15 is 9.13 Å². The van der Waals surface area contributed by atoms with E-state index in [-0.39, 0.29) is 11.3 Å². The van der Waals surface area contributed by atoms with Crippen molar-refractivity contribution in [2.45, 2.75) is 30.6 Å². The van der Waals surface area contributed by atoms with Gasteiger partial charge in [0.15, 0.2) is 0 Å². The summed E-state index contributed by atoms with van der Waals surface area (Å²) in [6.45, 7) is 0. The van der Waals surface area contributed by atoms with Crippen molar-refractivity contribution in [2.24, 2.45) is 11.8 Å². The van der Waals surface area contributed by atoms with Crippen LogP contribution in [0, 0.1) is 11.8 Å². The number of rotatable bonds is 6. The predicted molar refractivity (Wildman–Crippen MR) is 148 cm³/mol. The van der Waals surface area contributed by atoms with Gasteiger partial charge in [0.1, 0.15) is 14.3 Å². The zero-order chi connectivity index (χ0) is 23.9. The van der Waals surface area contributed by atoms with Crippen LogP contribution in [0.3, 0.4) is 0 Å². The normalized spacial score (nSPS) is 23.9. The van der Waals surface area contributed by atoms with Crippen molar-refractivity contribution in [1.82, 2.24) is 0 Å². The second-order valence-electron chi connectivity index (χ2n) is 9.97. The van der Waals surface area contributed by atoms with Crippen LogP contribution in [-0.2, 0) is 9.13 Å². The van der Waals surface area contributed by atoms with E-state index in [9.17, 15) is 0 Å².